The van der Waals surface area contributed by atoms with Crippen LogP contribution >= 0.6 is 15.9 Å². The van der Waals surface area contributed by atoms with Gasteiger partial charge in [-0.25, -0.2) is 4.39 Å². The third kappa shape index (κ3) is 3.45. The van der Waals surface area contributed by atoms with Crippen molar-refractivity contribution in [2.24, 2.45) is 0 Å². The molecule has 1 atom stereocenters. The Bertz CT molecular complexity index is 1390. The van der Waals surface area contributed by atoms with Gasteiger partial charge in [-0.3, -0.25) is 9.59 Å². The quantitative estimate of drug-likeness (QED) is 0.351. The highest BCUT2D eigenvalue weighted by molar-refractivity contribution is 9.10. The molecule has 4 aromatic rings. The molecule has 0 fully saturated rings. The van der Waals surface area contributed by atoms with Crippen LogP contribution in [0.5, 0.6) is 0 Å². The summed E-state index contributed by atoms with van der Waals surface area (Å²) in [6.45, 7) is 2.30. The van der Waals surface area contributed by atoms with Gasteiger partial charge in [0, 0.05) is 11.0 Å². The molecule has 6 heteroatoms. The van der Waals surface area contributed by atoms with Crippen molar-refractivity contribution in [1.29, 1.82) is 0 Å². The Labute approximate surface area is 192 Å². The Kier molecular flexibility index (Phi) is 5.18. The lowest BCUT2D eigenvalue weighted by atomic mass is 9.97. The molecule has 0 bridgehead atoms. The molecule has 160 valence electrons. The van der Waals surface area contributed by atoms with Crippen molar-refractivity contribution in [2.75, 3.05) is 0 Å². The number of fused-ring (bicyclic) bond motifs is 2. The maximum Gasteiger partial charge on any atom is 0.291 e. The van der Waals surface area contributed by atoms with Crippen molar-refractivity contribution >= 4 is 32.8 Å². The number of nitrogens with zero attached hydrogens (tertiary/aromatic N) is 1. The zero-order valence-corrected chi connectivity index (χ0v) is 18.9. The molecule has 0 unspecified atom stereocenters. The predicted molar refractivity (Wildman–Crippen MR) is 124 cm³/mol. The van der Waals surface area contributed by atoms with E-state index in [1.807, 2.05) is 24.3 Å². The molecule has 1 amide bonds. The van der Waals surface area contributed by atoms with E-state index < -0.39 is 6.04 Å². The third-order valence-electron chi connectivity index (χ3n) is 5.90. The number of rotatable bonds is 4. The molecule has 1 aliphatic heterocycles. The van der Waals surface area contributed by atoms with Crippen LogP contribution in [0.15, 0.2) is 80.4 Å². The number of benzene rings is 3. The van der Waals surface area contributed by atoms with Crippen LogP contribution in [-0.2, 0) is 13.0 Å². The van der Waals surface area contributed by atoms with E-state index in [1.165, 1.54) is 12.1 Å². The van der Waals surface area contributed by atoms with Crippen LogP contribution in [0, 0.1) is 5.82 Å². The Balaban J connectivity index is 1.70. The molecular formula is C26H19BrFNO3. The Morgan fingerprint density at radius 2 is 1.66 bits per heavy atom. The number of aryl methyl sites for hydroxylation is 1. The summed E-state index contributed by atoms with van der Waals surface area (Å²) in [4.78, 5) is 28.6. The minimum atomic E-state index is -0.590. The second-order valence-corrected chi connectivity index (χ2v) is 8.79. The van der Waals surface area contributed by atoms with Gasteiger partial charge in [0.15, 0.2) is 5.43 Å². The standard InChI is InChI=1S/C26H19BrFNO3/c1-2-15-3-7-17(8-4-15)23-22-24(30)20-13-18(27)9-12-21(20)32-25(22)26(31)29(23)14-16-5-10-19(28)11-6-16/h3-13,23H,2,14H2,1H3/t23-/m0/s1. The third-order valence-corrected chi connectivity index (χ3v) is 6.39. The molecule has 1 aliphatic rings. The second-order valence-electron chi connectivity index (χ2n) is 7.87. The van der Waals surface area contributed by atoms with Gasteiger partial charge >= 0.3 is 0 Å². The van der Waals surface area contributed by atoms with Crippen molar-refractivity contribution < 1.29 is 13.6 Å². The smallest absolute Gasteiger partial charge is 0.291 e. The zero-order valence-electron chi connectivity index (χ0n) is 17.3. The number of hydrogen-bond donors (Lipinski definition) is 0. The summed E-state index contributed by atoms with van der Waals surface area (Å²) in [5.41, 5.74) is 3.25. The average molecular weight is 492 g/mol. The van der Waals surface area contributed by atoms with Crippen LogP contribution in [0.3, 0.4) is 0 Å². The SMILES string of the molecule is CCc1ccc([C@H]2c3c(oc4ccc(Br)cc4c3=O)C(=O)N2Cc2ccc(F)cc2)cc1. The van der Waals surface area contributed by atoms with E-state index in [-0.39, 0.29) is 29.5 Å². The second kappa shape index (κ2) is 8.02. The van der Waals surface area contributed by atoms with Crippen molar-refractivity contribution in [2.45, 2.75) is 25.9 Å². The number of hydrogen-bond acceptors (Lipinski definition) is 3. The van der Waals surface area contributed by atoms with Crippen molar-refractivity contribution in [3.8, 4) is 0 Å². The van der Waals surface area contributed by atoms with E-state index in [9.17, 15) is 14.0 Å². The fraction of sp³-hybridized carbons (Fsp3) is 0.154. The first-order valence-corrected chi connectivity index (χ1v) is 11.2. The van der Waals surface area contributed by atoms with Gasteiger partial charge in [0.25, 0.3) is 5.91 Å². The largest absolute Gasteiger partial charge is 0.450 e. The maximum atomic E-state index is 13.6. The summed E-state index contributed by atoms with van der Waals surface area (Å²) in [6, 6.07) is 18.5. The van der Waals surface area contributed by atoms with Crippen molar-refractivity contribution in [1.82, 2.24) is 4.90 Å². The fourth-order valence-corrected chi connectivity index (χ4v) is 4.59. The van der Waals surface area contributed by atoms with Gasteiger partial charge in [0.2, 0.25) is 5.76 Å². The summed E-state index contributed by atoms with van der Waals surface area (Å²) in [5.74, 6) is -0.627. The summed E-state index contributed by atoms with van der Waals surface area (Å²) in [7, 11) is 0. The van der Waals surface area contributed by atoms with Crippen LogP contribution < -0.4 is 5.43 Å². The van der Waals surface area contributed by atoms with Gasteiger partial charge < -0.3 is 9.32 Å². The molecule has 32 heavy (non-hydrogen) atoms. The fourth-order valence-electron chi connectivity index (χ4n) is 4.22. The number of halogens is 2. The lowest BCUT2D eigenvalue weighted by Gasteiger charge is -2.25. The van der Waals surface area contributed by atoms with Gasteiger partial charge in [-0.1, -0.05) is 59.3 Å². The van der Waals surface area contributed by atoms with Crippen LogP contribution in [0.2, 0.25) is 0 Å². The monoisotopic (exact) mass is 491 g/mol. The van der Waals surface area contributed by atoms with E-state index in [1.54, 1.807) is 35.2 Å². The molecule has 0 spiro atoms. The van der Waals surface area contributed by atoms with Crippen molar-refractivity contribution in [3.63, 3.8) is 0 Å². The molecule has 0 radical (unpaired) electrons. The Morgan fingerprint density at radius 3 is 2.34 bits per heavy atom. The van der Waals surface area contributed by atoms with E-state index in [0.717, 1.165) is 27.6 Å². The van der Waals surface area contributed by atoms with E-state index in [4.69, 9.17) is 4.42 Å². The molecular weight excluding hydrogens is 473 g/mol. The van der Waals surface area contributed by atoms with Crippen LogP contribution in [0.1, 0.15) is 45.8 Å². The molecule has 0 saturated carbocycles. The predicted octanol–water partition coefficient (Wildman–Crippen LogP) is 6.00. The number of amides is 1. The van der Waals surface area contributed by atoms with E-state index >= 15 is 0 Å². The molecule has 2 heterocycles. The van der Waals surface area contributed by atoms with Crippen LogP contribution in [-0.4, -0.2) is 10.8 Å². The molecule has 0 N–H and O–H groups in total. The topological polar surface area (TPSA) is 50.5 Å². The van der Waals surface area contributed by atoms with Gasteiger partial charge in [-0.15, -0.1) is 0 Å². The highest BCUT2D eigenvalue weighted by Crippen LogP contribution is 2.39. The lowest BCUT2D eigenvalue weighted by Crippen LogP contribution is -2.29. The minimum absolute atomic E-state index is 0.0662. The average Bonchev–Trinajstić information content (AvgIpc) is 3.08. The summed E-state index contributed by atoms with van der Waals surface area (Å²) >= 11 is 3.41. The molecule has 3 aromatic carbocycles. The molecule has 0 saturated heterocycles. The van der Waals surface area contributed by atoms with E-state index in [0.29, 0.717) is 16.5 Å². The van der Waals surface area contributed by atoms with Gasteiger partial charge in [-0.2, -0.15) is 0 Å². The Hall–Kier alpha value is -3.25. The summed E-state index contributed by atoms with van der Waals surface area (Å²) in [5, 5.41) is 0.421. The Morgan fingerprint density at radius 1 is 0.969 bits per heavy atom. The van der Waals surface area contributed by atoms with Crippen LogP contribution in [0.25, 0.3) is 11.0 Å². The lowest BCUT2D eigenvalue weighted by molar-refractivity contribution is 0.0714. The normalized spacial score (nSPS) is 15.4. The molecule has 5 rings (SSSR count). The number of carbonyl (C=O) groups is 1. The van der Waals surface area contributed by atoms with Gasteiger partial charge in [0.1, 0.15) is 11.4 Å². The molecule has 0 aliphatic carbocycles. The van der Waals surface area contributed by atoms with Crippen molar-refractivity contribution in [3.05, 3.63) is 115 Å². The first kappa shape index (κ1) is 20.6. The highest BCUT2D eigenvalue weighted by atomic mass is 79.9. The summed E-state index contributed by atoms with van der Waals surface area (Å²) in [6.07, 6.45) is 0.889. The summed E-state index contributed by atoms with van der Waals surface area (Å²) < 4.78 is 20.1. The maximum absolute atomic E-state index is 13.6. The zero-order chi connectivity index (χ0) is 22.4. The van der Waals surface area contributed by atoms with Gasteiger partial charge in [-0.05, 0) is 53.4 Å². The first-order chi connectivity index (χ1) is 15.5. The molecule has 4 nitrogen and oxygen atoms in total. The molecule has 1 aromatic heterocycles. The van der Waals surface area contributed by atoms with Gasteiger partial charge in [0.05, 0.1) is 17.0 Å². The minimum Gasteiger partial charge on any atom is -0.450 e. The van der Waals surface area contributed by atoms with Crippen LogP contribution in [0.4, 0.5) is 4.39 Å². The highest BCUT2D eigenvalue weighted by Gasteiger charge is 2.42. The van der Waals surface area contributed by atoms with E-state index in [2.05, 4.69) is 22.9 Å². The number of carbonyl (C=O) groups excluding carboxylic acids is 1. The first-order valence-electron chi connectivity index (χ1n) is 10.4.